The lowest BCUT2D eigenvalue weighted by molar-refractivity contribution is -0.143. The van der Waals surface area contributed by atoms with Gasteiger partial charge in [-0.15, -0.1) is 0 Å². The highest BCUT2D eigenvalue weighted by atomic mass is 35.5. The minimum atomic E-state index is -5.06. The van der Waals surface area contributed by atoms with Crippen LogP contribution in [-0.2, 0) is 27.4 Å². The van der Waals surface area contributed by atoms with Gasteiger partial charge in [-0.1, -0.05) is 29.8 Å². The molecule has 2 heterocycles. The lowest BCUT2D eigenvalue weighted by atomic mass is 9.81. The smallest absolute Gasteiger partial charge is 0.356 e. The van der Waals surface area contributed by atoms with Crippen molar-refractivity contribution in [1.82, 2.24) is 4.98 Å². The number of halogens is 7. The van der Waals surface area contributed by atoms with E-state index in [1.54, 1.807) is 30.3 Å². The number of pyridine rings is 1. The van der Waals surface area contributed by atoms with Gasteiger partial charge in [0.2, 0.25) is 5.91 Å². The summed E-state index contributed by atoms with van der Waals surface area (Å²) in [5.41, 5.74) is -4.00. The maximum Gasteiger partial charge on any atom is 0.416 e. The molecule has 1 aliphatic heterocycles. The van der Waals surface area contributed by atoms with Gasteiger partial charge in [0.1, 0.15) is 11.6 Å². The average Bonchev–Trinajstić information content (AvgIpc) is 2.91. The Bertz CT molecular complexity index is 1440. The molecule has 1 aliphatic rings. The van der Waals surface area contributed by atoms with Crippen LogP contribution in [0.5, 0.6) is 0 Å². The van der Waals surface area contributed by atoms with Crippen LogP contribution in [0.15, 0.2) is 54.7 Å². The van der Waals surface area contributed by atoms with E-state index in [1.165, 1.54) is 27.1 Å². The lowest BCUT2D eigenvalue weighted by Crippen LogP contribution is -2.42. The summed E-state index contributed by atoms with van der Waals surface area (Å²) in [4.78, 5) is 33.1. The summed E-state index contributed by atoms with van der Waals surface area (Å²) in [6.07, 6.45) is -8.00. The Hall–Kier alpha value is -3.60. The van der Waals surface area contributed by atoms with Gasteiger partial charge in [-0.25, -0.2) is 4.98 Å². The SMILES string of the molecule is CN(C(=O)C(C)(C)c1cc(C(F)(F)F)cc(C(F)(F)F)c1)c1cnc(N2CCC(=O)CC2)cc1-c1ccccc1Cl. The first-order valence-corrected chi connectivity index (χ1v) is 13.0. The second-order valence-corrected chi connectivity index (χ2v) is 10.8. The van der Waals surface area contributed by atoms with Crippen LogP contribution in [0.2, 0.25) is 5.02 Å². The Balaban J connectivity index is 1.80. The van der Waals surface area contributed by atoms with Gasteiger partial charge in [0.25, 0.3) is 0 Å². The number of amides is 1. The highest BCUT2D eigenvalue weighted by molar-refractivity contribution is 6.33. The van der Waals surface area contributed by atoms with Crippen LogP contribution >= 0.6 is 11.6 Å². The number of nitrogens with zero attached hydrogens (tertiary/aromatic N) is 3. The van der Waals surface area contributed by atoms with E-state index in [0.717, 1.165) is 4.90 Å². The molecule has 0 spiro atoms. The molecule has 0 saturated carbocycles. The average molecular weight is 598 g/mol. The molecule has 0 bridgehead atoms. The van der Waals surface area contributed by atoms with Crippen molar-refractivity contribution in [2.45, 2.75) is 44.5 Å². The van der Waals surface area contributed by atoms with Crippen LogP contribution in [0.3, 0.4) is 0 Å². The lowest BCUT2D eigenvalue weighted by Gasteiger charge is -2.33. The molecular formula is C29H26ClF6N3O2. The third-order valence-electron chi connectivity index (χ3n) is 7.19. The normalized spacial score (nSPS) is 14.8. The van der Waals surface area contributed by atoms with Crippen LogP contribution in [0.1, 0.15) is 43.4 Å². The number of aromatic nitrogens is 1. The Kier molecular flexibility index (Phi) is 8.14. The zero-order valence-electron chi connectivity index (χ0n) is 22.3. The molecule has 0 radical (unpaired) electrons. The van der Waals surface area contributed by atoms with Crippen molar-refractivity contribution in [2.75, 3.05) is 29.9 Å². The first-order chi connectivity index (χ1) is 19.0. The van der Waals surface area contributed by atoms with Crippen LogP contribution in [-0.4, -0.2) is 36.8 Å². The van der Waals surface area contributed by atoms with Gasteiger partial charge in [-0.05, 0) is 49.7 Å². The zero-order chi connectivity index (χ0) is 30.3. The number of anilines is 2. The minimum Gasteiger partial charge on any atom is -0.356 e. The van der Waals surface area contributed by atoms with E-state index in [1.807, 2.05) is 4.90 Å². The largest absolute Gasteiger partial charge is 0.416 e. The highest BCUT2D eigenvalue weighted by Gasteiger charge is 2.41. The number of carbonyl (C=O) groups excluding carboxylic acids is 2. The van der Waals surface area contributed by atoms with Crippen molar-refractivity contribution in [3.05, 3.63) is 76.4 Å². The summed E-state index contributed by atoms with van der Waals surface area (Å²) in [7, 11) is 1.37. The zero-order valence-corrected chi connectivity index (χ0v) is 23.1. The Labute approximate surface area is 237 Å². The monoisotopic (exact) mass is 597 g/mol. The van der Waals surface area contributed by atoms with Crippen LogP contribution in [0.4, 0.5) is 37.8 Å². The van der Waals surface area contributed by atoms with Gasteiger partial charge >= 0.3 is 12.4 Å². The maximum atomic E-state index is 13.8. The number of alkyl halides is 6. The number of benzene rings is 2. The number of piperidine rings is 1. The number of hydrogen-bond donors (Lipinski definition) is 0. The van der Waals surface area contributed by atoms with E-state index in [0.29, 0.717) is 60.0 Å². The summed E-state index contributed by atoms with van der Waals surface area (Å²) in [5, 5.41) is 0.354. The van der Waals surface area contributed by atoms with E-state index in [9.17, 15) is 35.9 Å². The predicted octanol–water partition coefficient (Wildman–Crippen LogP) is 7.55. The summed E-state index contributed by atoms with van der Waals surface area (Å²) in [5.74, 6) is -0.0969. The Morgan fingerprint density at radius 1 is 0.878 bits per heavy atom. The molecule has 1 aromatic heterocycles. The maximum absolute atomic E-state index is 13.8. The summed E-state index contributed by atoms with van der Waals surface area (Å²) >= 11 is 6.48. The van der Waals surface area contributed by atoms with Crippen molar-refractivity contribution in [3.8, 4) is 11.1 Å². The fourth-order valence-electron chi connectivity index (χ4n) is 4.73. The predicted molar refractivity (Wildman–Crippen MR) is 144 cm³/mol. The molecule has 0 unspecified atom stereocenters. The minimum absolute atomic E-state index is 0.0279. The molecule has 4 rings (SSSR count). The van der Waals surface area contributed by atoms with Crippen molar-refractivity contribution >= 4 is 34.8 Å². The van der Waals surface area contributed by atoms with E-state index in [-0.39, 0.29) is 17.5 Å². The molecule has 1 fully saturated rings. The molecule has 218 valence electrons. The third kappa shape index (κ3) is 6.34. The standard InChI is InChI=1S/C29H26ClF6N3O2/c1-27(2,17-12-18(28(31,32)33)14-19(13-17)29(34,35)36)26(41)38(3)24-16-37-25(39-10-8-20(40)9-11-39)15-22(24)21-6-4-5-7-23(21)30/h4-7,12-16H,8-11H2,1-3H3. The topological polar surface area (TPSA) is 53.5 Å². The van der Waals surface area contributed by atoms with Gasteiger partial charge in [0, 0.05) is 49.1 Å². The Morgan fingerprint density at radius 3 is 1.95 bits per heavy atom. The molecule has 1 amide bonds. The molecule has 12 heteroatoms. The van der Waals surface area contributed by atoms with Gasteiger partial charge in [0.05, 0.1) is 28.4 Å². The number of hydrogen-bond acceptors (Lipinski definition) is 4. The molecule has 0 N–H and O–H groups in total. The summed E-state index contributed by atoms with van der Waals surface area (Å²) < 4.78 is 81.2. The second-order valence-electron chi connectivity index (χ2n) is 10.3. The molecule has 3 aromatic rings. The fourth-order valence-corrected chi connectivity index (χ4v) is 4.96. The van der Waals surface area contributed by atoms with Crippen LogP contribution in [0.25, 0.3) is 11.1 Å². The molecular weight excluding hydrogens is 572 g/mol. The summed E-state index contributed by atoms with van der Waals surface area (Å²) in [6, 6.07) is 9.68. The van der Waals surface area contributed by atoms with Crippen molar-refractivity contribution < 1.29 is 35.9 Å². The van der Waals surface area contributed by atoms with Gasteiger partial charge in [-0.2, -0.15) is 26.3 Å². The van der Waals surface area contributed by atoms with Gasteiger partial charge < -0.3 is 9.80 Å². The molecule has 5 nitrogen and oxygen atoms in total. The number of carbonyl (C=O) groups is 2. The van der Waals surface area contributed by atoms with E-state index < -0.39 is 40.4 Å². The van der Waals surface area contributed by atoms with Crippen molar-refractivity contribution in [1.29, 1.82) is 0 Å². The van der Waals surface area contributed by atoms with E-state index >= 15 is 0 Å². The molecule has 0 aliphatic carbocycles. The Morgan fingerprint density at radius 2 is 1.41 bits per heavy atom. The quantitative estimate of drug-likeness (QED) is 0.285. The molecule has 41 heavy (non-hydrogen) atoms. The molecule has 1 saturated heterocycles. The molecule has 2 aromatic carbocycles. The number of rotatable bonds is 5. The van der Waals surface area contributed by atoms with E-state index in [2.05, 4.69) is 4.98 Å². The van der Waals surface area contributed by atoms with E-state index in [4.69, 9.17) is 11.6 Å². The van der Waals surface area contributed by atoms with Crippen molar-refractivity contribution in [3.63, 3.8) is 0 Å². The highest BCUT2D eigenvalue weighted by Crippen LogP contribution is 2.41. The second kappa shape index (κ2) is 11.0. The number of Topliss-reactive ketones (excluding diaryl/α,β-unsaturated/α-hetero) is 1. The summed E-state index contributed by atoms with van der Waals surface area (Å²) in [6.45, 7) is 3.43. The first kappa shape index (κ1) is 30.4. The van der Waals surface area contributed by atoms with Gasteiger partial charge in [0.15, 0.2) is 0 Å². The van der Waals surface area contributed by atoms with Gasteiger partial charge in [-0.3, -0.25) is 9.59 Å². The first-order valence-electron chi connectivity index (χ1n) is 12.6. The van der Waals surface area contributed by atoms with Crippen molar-refractivity contribution in [2.24, 2.45) is 0 Å². The van der Waals surface area contributed by atoms with Crippen LogP contribution in [0, 0.1) is 0 Å². The molecule has 0 atom stereocenters. The third-order valence-corrected chi connectivity index (χ3v) is 7.52. The fraction of sp³-hybridized carbons (Fsp3) is 0.345. The number of ketones is 1. The van der Waals surface area contributed by atoms with Crippen LogP contribution < -0.4 is 9.80 Å². The number of likely N-dealkylation sites (N-methyl/N-ethyl adjacent to an activating group) is 1.